The molecule has 1 atom stereocenters. The highest BCUT2D eigenvalue weighted by molar-refractivity contribution is 5.97. The molecule has 198 valence electrons. The van der Waals surface area contributed by atoms with Crippen LogP contribution in [-0.4, -0.2) is 51.1 Å². The van der Waals surface area contributed by atoms with Gasteiger partial charge < -0.3 is 29.4 Å². The van der Waals surface area contributed by atoms with Gasteiger partial charge in [0.1, 0.15) is 23.0 Å². The Bertz CT molecular complexity index is 1560. The summed E-state index contributed by atoms with van der Waals surface area (Å²) in [5, 5.41) is 13.1. The van der Waals surface area contributed by atoms with Gasteiger partial charge in [0.05, 0.1) is 18.2 Å². The fourth-order valence-electron chi connectivity index (χ4n) is 5.18. The topological polar surface area (TPSA) is 106 Å². The van der Waals surface area contributed by atoms with Gasteiger partial charge in [-0.15, -0.1) is 0 Å². The first-order valence-electron chi connectivity index (χ1n) is 12.9. The van der Waals surface area contributed by atoms with E-state index in [2.05, 4.69) is 10.3 Å². The van der Waals surface area contributed by atoms with Gasteiger partial charge in [-0.25, -0.2) is 4.98 Å². The molecule has 0 aliphatic carbocycles. The van der Waals surface area contributed by atoms with Gasteiger partial charge in [0.25, 0.3) is 11.8 Å². The van der Waals surface area contributed by atoms with Crippen molar-refractivity contribution in [3.05, 3.63) is 101 Å². The van der Waals surface area contributed by atoms with Crippen LogP contribution in [-0.2, 0) is 13.5 Å². The Labute approximate surface area is 225 Å². The number of hydrogen-bond acceptors (Lipinski definition) is 6. The van der Waals surface area contributed by atoms with Crippen molar-refractivity contribution in [1.29, 1.82) is 0 Å². The van der Waals surface area contributed by atoms with Crippen LogP contribution < -0.4 is 14.8 Å². The van der Waals surface area contributed by atoms with Gasteiger partial charge in [0.15, 0.2) is 5.82 Å². The molecule has 3 aromatic carbocycles. The first kappa shape index (κ1) is 24.5. The van der Waals surface area contributed by atoms with Crippen molar-refractivity contribution in [2.24, 2.45) is 7.05 Å². The minimum atomic E-state index is -0.383. The number of hydrogen-bond donors (Lipinski definition) is 2. The monoisotopic (exact) mass is 524 g/mol. The summed E-state index contributed by atoms with van der Waals surface area (Å²) in [6, 6.07) is 17.9. The van der Waals surface area contributed by atoms with E-state index in [1.165, 1.54) is 12.1 Å². The van der Waals surface area contributed by atoms with Gasteiger partial charge >= 0.3 is 0 Å². The van der Waals surface area contributed by atoms with Crippen LogP contribution in [0, 0.1) is 0 Å². The van der Waals surface area contributed by atoms with Crippen molar-refractivity contribution in [1.82, 2.24) is 19.8 Å². The van der Waals surface area contributed by atoms with Crippen molar-refractivity contribution in [2.45, 2.75) is 18.9 Å². The number of aromatic hydroxyl groups is 1. The quantitative estimate of drug-likeness (QED) is 0.386. The molecule has 0 fully saturated rings. The lowest BCUT2D eigenvalue weighted by molar-refractivity contribution is 0.0677. The Hall–Kier alpha value is -4.79. The first-order chi connectivity index (χ1) is 19.0. The molecule has 0 spiro atoms. The van der Waals surface area contributed by atoms with Crippen molar-refractivity contribution in [2.75, 3.05) is 19.7 Å². The molecule has 8 bridgehead atoms. The maximum absolute atomic E-state index is 13.7. The molecule has 4 heterocycles. The van der Waals surface area contributed by atoms with Crippen LogP contribution in [0.15, 0.2) is 73.1 Å². The third-order valence-corrected chi connectivity index (χ3v) is 7.11. The zero-order valence-electron chi connectivity index (χ0n) is 21.5. The normalized spacial score (nSPS) is 16.9. The Kier molecular flexibility index (Phi) is 6.40. The molecule has 2 N–H and O–H groups in total. The molecule has 3 aliphatic rings. The fraction of sp³-hybridized carbons (Fsp3) is 0.233. The third-order valence-electron chi connectivity index (χ3n) is 7.11. The molecule has 1 aromatic heterocycles. The lowest BCUT2D eigenvalue weighted by atomic mass is 9.87. The number of nitrogens with one attached hydrogen (secondary N) is 1. The number of benzene rings is 3. The second-order valence-electron chi connectivity index (χ2n) is 9.68. The summed E-state index contributed by atoms with van der Waals surface area (Å²) < 4.78 is 13.9. The van der Waals surface area contributed by atoms with E-state index in [9.17, 15) is 14.7 Å². The van der Waals surface area contributed by atoms with E-state index in [4.69, 9.17) is 9.47 Å². The molecule has 7 rings (SSSR count). The van der Waals surface area contributed by atoms with Crippen molar-refractivity contribution in [3.8, 4) is 23.0 Å². The molecule has 9 nitrogen and oxygen atoms in total. The summed E-state index contributed by atoms with van der Waals surface area (Å²) in [4.78, 5) is 32.6. The minimum Gasteiger partial charge on any atom is -0.507 e. The summed E-state index contributed by atoms with van der Waals surface area (Å²) in [7, 11) is 1.82. The fourth-order valence-corrected chi connectivity index (χ4v) is 5.18. The Morgan fingerprint density at radius 1 is 1.08 bits per heavy atom. The lowest BCUT2D eigenvalue weighted by Gasteiger charge is -2.37. The van der Waals surface area contributed by atoms with Gasteiger partial charge in [-0.3, -0.25) is 9.59 Å². The van der Waals surface area contributed by atoms with E-state index < -0.39 is 0 Å². The second kappa shape index (κ2) is 10.2. The molecule has 1 unspecified atom stereocenters. The Balaban J connectivity index is 1.44. The van der Waals surface area contributed by atoms with Gasteiger partial charge in [0, 0.05) is 32.5 Å². The van der Waals surface area contributed by atoms with Crippen molar-refractivity contribution < 1.29 is 24.2 Å². The highest BCUT2D eigenvalue weighted by Crippen LogP contribution is 2.39. The predicted octanol–water partition coefficient (Wildman–Crippen LogP) is 4.22. The van der Waals surface area contributed by atoms with Crippen LogP contribution in [0.3, 0.4) is 0 Å². The number of fused-ring (bicyclic) bond motifs is 6. The predicted molar refractivity (Wildman–Crippen MR) is 143 cm³/mol. The third kappa shape index (κ3) is 4.79. The number of carbonyl (C=O) groups is 2. The first-order valence-corrected chi connectivity index (χ1v) is 12.9. The van der Waals surface area contributed by atoms with Gasteiger partial charge in [0.2, 0.25) is 0 Å². The molecular weight excluding hydrogens is 496 g/mol. The lowest BCUT2D eigenvalue weighted by Crippen LogP contribution is -2.41. The number of carbonyl (C=O) groups excluding carboxylic acids is 2. The summed E-state index contributed by atoms with van der Waals surface area (Å²) in [6.07, 6.45) is 4.61. The van der Waals surface area contributed by atoms with E-state index in [0.717, 1.165) is 16.7 Å². The Morgan fingerprint density at radius 3 is 2.77 bits per heavy atom. The average Bonchev–Trinajstić information content (AvgIpc) is 3.38. The molecule has 0 saturated carbocycles. The van der Waals surface area contributed by atoms with Gasteiger partial charge in [-0.1, -0.05) is 18.2 Å². The number of ether oxygens (including phenoxy) is 2. The molecule has 3 aliphatic heterocycles. The average molecular weight is 525 g/mol. The molecule has 39 heavy (non-hydrogen) atoms. The number of aryl methyl sites for hydroxylation is 1. The summed E-state index contributed by atoms with van der Waals surface area (Å²) in [5.41, 5.74) is 3.14. The summed E-state index contributed by atoms with van der Waals surface area (Å²) in [6.45, 7) is 1.27. The number of aromatic nitrogens is 2. The van der Waals surface area contributed by atoms with Crippen LogP contribution >= 0.6 is 0 Å². The summed E-state index contributed by atoms with van der Waals surface area (Å²) in [5.74, 6) is 1.47. The standard InChI is InChI=1S/C30H28N4O5/c1-33-14-12-31-28(33)30(37)34-13-10-19-16-22-6-8-24(19)27(34)20-4-2-5-21(17-20)38-15-3-11-32-29(36)25-18-23(39-22)7-9-26(25)35/h2,4-9,12,14,16-18,27,35H,3,10-11,13,15H2,1H3,(H,32,36). The minimum absolute atomic E-state index is 0.118. The molecule has 0 saturated heterocycles. The van der Waals surface area contributed by atoms with Gasteiger partial charge in [-0.05, 0) is 72.0 Å². The van der Waals surface area contributed by atoms with E-state index in [-0.39, 0.29) is 29.2 Å². The van der Waals surface area contributed by atoms with Gasteiger partial charge in [-0.2, -0.15) is 0 Å². The highest BCUT2D eigenvalue weighted by atomic mass is 16.5. The zero-order valence-corrected chi connectivity index (χ0v) is 21.5. The van der Waals surface area contributed by atoms with Crippen LogP contribution in [0.1, 0.15) is 50.1 Å². The van der Waals surface area contributed by atoms with Crippen LogP contribution in [0.5, 0.6) is 23.0 Å². The number of nitrogens with zero attached hydrogens (tertiary/aromatic N) is 3. The summed E-state index contributed by atoms with van der Waals surface area (Å²) >= 11 is 0. The smallest absolute Gasteiger partial charge is 0.290 e. The molecule has 0 radical (unpaired) electrons. The molecular formula is C30H28N4O5. The number of phenolic OH excluding ortho intramolecular Hbond substituents is 1. The van der Waals surface area contributed by atoms with Crippen molar-refractivity contribution in [3.63, 3.8) is 0 Å². The molecule has 9 heteroatoms. The largest absolute Gasteiger partial charge is 0.507 e. The Morgan fingerprint density at radius 2 is 1.92 bits per heavy atom. The van der Waals surface area contributed by atoms with E-state index >= 15 is 0 Å². The second-order valence-corrected chi connectivity index (χ2v) is 9.68. The number of rotatable bonds is 1. The number of imidazole rings is 1. The number of amides is 2. The van der Waals surface area contributed by atoms with E-state index in [1.54, 1.807) is 23.0 Å². The van der Waals surface area contributed by atoms with Crippen LogP contribution in [0.25, 0.3) is 0 Å². The molecule has 2 amide bonds. The highest BCUT2D eigenvalue weighted by Gasteiger charge is 2.34. The van der Waals surface area contributed by atoms with Crippen LogP contribution in [0.2, 0.25) is 0 Å². The van der Waals surface area contributed by atoms with Crippen molar-refractivity contribution >= 4 is 11.8 Å². The maximum atomic E-state index is 13.7. The number of phenols is 1. The maximum Gasteiger partial charge on any atom is 0.290 e. The zero-order chi connectivity index (χ0) is 26.9. The van der Waals surface area contributed by atoms with E-state index in [0.29, 0.717) is 55.6 Å². The SMILES string of the molecule is Cn1ccnc1C(=O)N1CCc2cc3ccc2C1c1cccc(c1)OCCCNC(=O)c1cc(ccc1O)O3. The van der Waals surface area contributed by atoms with E-state index in [1.807, 2.05) is 54.4 Å². The van der Waals surface area contributed by atoms with Crippen LogP contribution in [0.4, 0.5) is 0 Å². The molecule has 4 aromatic rings.